The maximum Gasteiger partial charge on any atom is 0.348 e. The minimum atomic E-state index is -4.12. The molecule has 0 atom stereocenters. The van der Waals surface area contributed by atoms with Gasteiger partial charge in [-0.15, -0.1) is 23.1 Å². The van der Waals surface area contributed by atoms with E-state index in [1.165, 1.54) is 25.8 Å². The molecule has 1 N–H and O–H groups in total. The zero-order valence-electron chi connectivity index (χ0n) is 14.5. The van der Waals surface area contributed by atoms with Gasteiger partial charge in [-0.1, -0.05) is 6.07 Å². The van der Waals surface area contributed by atoms with Crippen LogP contribution in [0.25, 0.3) is 0 Å². The minimum absolute atomic E-state index is 0.0335. The Morgan fingerprint density at radius 3 is 2.38 bits per heavy atom. The van der Waals surface area contributed by atoms with E-state index in [0.717, 1.165) is 12.0 Å². The largest absolute Gasteiger partial charge is 0.465 e. The summed E-state index contributed by atoms with van der Waals surface area (Å²) in [5.41, 5.74) is 0.372. The average Bonchev–Trinajstić information content (AvgIpc) is 2.98. The molecule has 0 aliphatic carbocycles. The molecule has 1 heterocycles. The first kappa shape index (κ1) is 20.3. The SMILES string of the molecule is COC(=O)c1sc(S(=O)(=O)Nc2cccc(SC)c2)c(C(=O)OC)c1C. The van der Waals surface area contributed by atoms with Crippen LogP contribution in [0.4, 0.5) is 5.69 Å². The number of benzene rings is 1. The maximum atomic E-state index is 12.9. The van der Waals surface area contributed by atoms with Gasteiger partial charge in [0.2, 0.25) is 0 Å². The van der Waals surface area contributed by atoms with Gasteiger partial charge in [-0.3, -0.25) is 4.72 Å². The first-order valence-electron chi connectivity index (χ1n) is 7.22. The summed E-state index contributed by atoms with van der Waals surface area (Å²) >= 11 is 2.13. The summed E-state index contributed by atoms with van der Waals surface area (Å²) in [4.78, 5) is 24.9. The van der Waals surface area contributed by atoms with Crippen LogP contribution in [0.15, 0.2) is 33.4 Å². The Morgan fingerprint density at radius 1 is 1.15 bits per heavy atom. The van der Waals surface area contributed by atoms with E-state index in [0.29, 0.717) is 17.0 Å². The van der Waals surface area contributed by atoms with Crippen molar-refractivity contribution in [3.63, 3.8) is 0 Å². The number of carbonyl (C=O) groups excluding carboxylic acids is 2. The summed E-state index contributed by atoms with van der Waals surface area (Å²) in [6.07, 6.45) is 1.87. The molecule has 0 spiro atoms. The van der Waals surface area contributed by atoms with Gasteiger partial charge in [-0.05, 0) is 36.9 Å². The first-order chi connectivity index (χ1) is 12.2. The van der Waals surface area contributed by atoms with Gasteiger partial charge in [-0.2, -0.15) is 0 Å². The number of hydrogen-bond acceptors (Lipinski definition) is 8. The van der Waals surface area contributed by atoms with Crippen molar-refractivity contribution in [3.05, 3.63) is 40.3 Å². The van der Waals surface area contributed by atoms with Gasteiger partial charge in [0, 0.05) is 10.6 Å². The average molecular weight is 416 g/mol. The Labute approximate surface area is 159 Å². The number of hydrogen-bond donors (Lipinski definition) is 1. The molecule has 0 saturated carbocycles. The predicted molar refractivity (Wildman–Crippen MR) is 101 cm³/mol. The number of rotatable bonds is 6. The second kappa shape index (κ2) is 8.11. The molecule has 2 aromatic rings. The molecule has 26 heavy (non-hydrogen) atoms. The summed E-state index contributed by atoms with van der Waals surface area (Å²) in [7, 11) is -1.79. The second-order valence-corrected chi connectivity index (χ2v) is 8.82. The number of carbonyl (C=O) groups is 2. The highest BCUT2D eigenvalue weighted by molar-refractivity contribution is 7.98. The van der Waals surface area contributed by atoms with E-state index in [2.05, 4.69) is 14.2 Å². The fraction of sp³-hybridized carbons (Fsp3) is 0.250. The normalized spacial score (nSPS) is 11.1. The zero-order valence-corrected chi connectivity index (χ0v) is 16.9. The van der Waals surface area contributed by atoms with Crippen molar-refractivity contribution in [1.29, 1.82) is 0 Å². The second-order valence-electron chi connectivity index (χ2n) is 5.04. The molecule has 7 nitrogen and oxygen atoms in total. The van der Waals surface area contributed by atoms with Crippen LogP contribution in [0.3, 0.4) is 0 Å². The maximum absolute atomic E-state index is 12.9. The van der Waals surface area contributed by atoms with Gasteiger partial charge in [0.05, 0.1) is 19.8 Å². The quantitative estimate of drug-likeness (QED) is 0.571. The van der Waals surface area contributed by atoms with E-state index in [4.69, 9.17) is 0 Å². The molecule has 1 aromatic carbocycles. The number of ether oxygens (including phenoxy) is 2. The molecule has 0 aliphatic rings. The third kappa shape index (κ3) is 4.02. The Balaban J connectivity index is 2.57. The molecule has 0 radical (unpaired) electrons. The summed E-state index contributed by atoms with van der Waals surface area (Å²) in [5.74, 6) is -1.56. The number of esters is 2. The van der Waals surface area contributed by atoms with Crippen LogP contribution in [0.5, 0.6) is 0 Å². The lowest BCUT2D eigenvalue weighted by molar-refractivity contribution is 0.0596. The number of nitrogens with one attached hydrogen (secondary N) is 1. The third-order valence-electron chi connectivity index (χ3n) is 3.44. The van der Waals surface area contributed by atoms with Crippen LogP contribution < -0.4 is 4.72 Å². The van der Waals surface area contributed by atoms with E-state index >= 15 is 0 Å². The van der Waals surface area contributed by atoms with Crippen LogP contribution in [0.1, 0.15) is 25.6 Å². The molecule has 0 aliphatic heterocycles. The molecule has 0 bridgehead atoms. The Bertz CT molecular complexity index is 949. The fourth-order valence-corrected chi connectivity index (χ4v) is 5.44. The van der Waals surface area contributed by atoms with Crippen molar-refractivity contribution in [1.82, 2.24) is 0 Å². The van der Waals surface area contributed by atoms with Gasteiger partial charge in [0.1, 0.15) is 4.88 Å². The molecule has 140 valence electrons. The van der Waals surface area contributed by atoms with Crippen LogP contribution in [-0.2, 0) is 19.5 Å². The standard InChI is InChI=1S/C16H17NO6S3/c1-9-12(14(18)22-2)16(25-13(9)15(19)23-3)26(20,21)17-10-6-5-7-11(8-10)24-4/h5-8,17H,1-4H3. The zero-order chi connectivity index (χ0) is 19.5. The summed E-state index contributed by atoms with van der Waals surface area (Å²) in [5, 5.41) is 0. The summed E-state index contributed by atoms with van der Waals surface area (Å²) in [6.45, 7) is 1.47. The molecular weight excluding hydrogens is 398 g/mol. The van der Waals surface area contributed by atoms with Gasteiger partial charge >= 0.3 is 11.9 Å². The first-order valence-corrected chi connectivity index (χ1v) is 10.7. The third-order valence-corrected chi connectivity index (χ3v) is 7.34. The minimum Gasteiger partial charge on any atom is -0.465 e. The number of methoxy groups -OCH3 is 2. The van der Waals surface area contributed by atoms with E-state index < -0.39 is 22.0 Å². The van der Waals surface area contributed by atoms with E-state index in [1.807, 2.05) is 12.3 Å². The lowest BCUT2D eigenvalue weighted by Crippen LogP contribution is -2.16. The number of thiophene rings is 1. The lowest BCUT2D eigenvalue weighted by Gasteiger charge is -2.09. The van der Waals surface area contributed by atoms with Crippen LogP contribution in [-0.4, -0.2) is 40.8 Å². The van der Waals surface area contributed by atoms with Gasteiger partial charge in [-0.25, -0.2) is 18.0 Å². The summed E-state index contributed by atoms with van der Waals surface area (Å²) < 4.78 is 37.2. The van der Waals surface area contributed by atoms with E-state index in [-0.39, 0.29) is 20.2 Å². The Kier molecular flexibility index (Phi) is 6.32. The molecule has 0 saturated heterocycles. The Hall–Kier alpha value is -2.04. The van der Waals surface area contributed by atoms with Crippen molar-refractivity contribution in [2.75, 3.05) is 25.2 Å². The Morgan fingerprint density at radius 2 is 1.81 bits per heavy atom. The van der Waals surface area contributed by atoms with E-state index in [9.17, 15) is 18.0 Å². The van der Waals surface area contributed by atoms with Gasteiger partial charge < -0.3 is 9.47 Å². The topological polar surface area (TPSA) is 98.8 Å². The highest BCUT2D eigenvalue weighted by atomic mass is 32.2. The fourth-order valence-electron chi connectivity index (χ4n) is 2.19. The van der Waals surface area contributed by atoms with Crippen LogP contribution >= 0.6 is 23.1 Å². The van der Waals surface area contributed by atoms with Crippen molar-refractivity contribution >= 4 is 50.7 Å². The summed E-state index contributed by atoms with van der Waals surface area (Å²) in [6, 6.07) is 6.82. The molecular formula is C16H17NO6S3. The van der Waals surface area contributed by atoms with Gasteiger partial charge in [0.25, 0.3) is 10.0 Å². The number of anilines is 1. The molecule has 0 amide bonds. The number of thioether (sulfide) groups is 1. The lowest BCUT2D eigenvalue weighted by atomic mass is 10.2. The van der Waals surface area contributed by atoms with Gasteiger partial charge in [0.15, 0.2) is 4.21 Å². The van der Waals surface area contributed by atoms with Crippen molar-refractivity contribution in [3.8, 4) is 0 Å². The highest BCUT2D eigenvalue weighted by Gasteiger charge is 2.32. The van der Waals surface area contributed by atoms with Crippen LogP contribution in [0, 0.1) is 6.92 Å². The highest BCUT2D eigenvalue weighted by Crippen LogP contribution is 2.34. The predicted octanol–water partition coefficient (Wildman–Crippen LogP) is 3.15. The molecule has 10 heteroatoms. The van der Waals surface area contributed by atoms with Crippen molar-refractivity contribution in [2.45, 2.75) is 16.0 Å². The molecule has 0 unspecified atom stereocenters. The molecule has 2 rings (SSSR count). The van der Waals surface area contributed by atoms with Crippen LogP contribution in [0.2, 0.25) is 0 Å². The number of sulfonamides is 1. The molecule has 1 aromatic heterocycles. The molecule has 0 fully saturated rings. The monoisotopic (exact) mass is 415 g/mol. The van der Waals surface area contributed by atoms with Crippen molar-refractivity contribution < 1.29 is 27.5 Å². The van der Waals surface area contributed by atoms with Crippen molar-refractivity contribution in [2.24, 2.45) is 0 Å². The smallest absolute Gasteiger partial charge is 0.348 e. The van der Waals surface area contributed by atoms with E-state index in [1.54, 1.807) is 18.2 Å².